The normalized spacial score (nSPS) is 19.1. The van der Waals surface area contributed by atoms with Crippen LogP contribution < -0.4 is 15.8 Å². The minimum atomic E-state index is -0.394. The van der Waals surface area contributed by atoms with E-state index in [0.29, 0.717) is 26.1 Å². The smallest absolute Gasteiger partial charge is 0.310 e. The first-order valence-electron chi connectivity index (χ1n) is 11.2. The number of carbonyl (C=O) groups excluding carboxylic acids is 2. The van der Waals surface area contributed by atoms with E-state index in [-0.39, 0.29) is 58.7 Å². The van der Waals surface area contributed by atoms with Crippen molar-refractivity contribution >= 4 is 29.3 Å². The maximum Gasteiger partial charge on any atom is 0.310 e. The van der Waals surface area contributed by atoms with E-state index in [4.69, 9.17) is 31.5 Å². The molecule has 2 heterocycles. The third-order valence-corrected chi connectivity index (χ3v) is 6.20. The third kappa shape index (κ3) is 7.03. The molecule has 1 saturated heterocycles. The quantitative estimate of drug-likeness (QED) is 0.497. The van der Waals surface area contributed by atoms with E-state index in [1.807, 2.05) is 0 Å². The summed E-state index contributed by atoms with van der Waals surface area (Å²) in [7, 11) is 2.98. The summed E-state index contributed by atoms with van der Waals surface area (Å²) < 4.78 is 29.2. The van der Waals surface area contributed by atoms with Crippen LogP contribution in [0.1, 0.15) is 29.3 Å². The number of esters is 1. The zero-order valence-corrected chi connectivity index (χ0v) is 20.7. The summed E-state index contributed by atoms with van der Waals surface area (Å²) in [6.45, 7) is 3.54. The van der Waals surface area contributed by atoms with E-state index in [1.54, 1.807) is 26.2 Å². The zero-order chi connectivity index (χ0) is 25.5. The number of rotatable bonds is 9. The Bertz CT molecular complexity index is 1040. The number of carbonyl (C=O) groups is 2. The number of amides is 1. The van der Waals surface area contributed by atoms with Gasteiger partial charge in [0.25, 0.3) is 5.91 Å². The Balaban J connectivity index is 1.53. The van der Waals surface area contributed by atoms with Gasteiger partial charge in [0.2, 0.25) is 5.88 Å². The molecular formula is C24H30ClFN4O5. The number of nitrogens with zero attached hydrogens (tertiary/aromatic N) is 2. The number of nitrogens with two attached hydrogens (primary N) is 1. The average molecular weight is 509 g/mol. The zero-order valence-electron chi connectivity index (χ0n) is 19.9. The highest BCUT2D eigenvalue weighted by molar-refractivity contribution is 6.33. The Labute approximate surface area is 208 Å². The van der Waals surface area contributed by atoms with Crippen LogP contribution in [0.2, 0.25) is 5.02 Å². The molecule has 1 fully saturated rings. The minimum Gasteiger partial charge on any atom is -0.480 e. The van der Waals surface area contributed by atoms with Crippen LogP contribution in [0.25, 0.3) is 0 Å². The number of anilines is 1. The summed E-state index contributed by atoms with van der Waals surface area (Å²) in [5.74, 6) is -1.27. The molecule has 1 aromatic heterocycles. The van der Waals surface area contributed by atoms with Gasteiger partial charge in [-0.15, -0.1) is 0 Å². The van der Waals surface area contributed by atoms with Crippen LogP contribution >= 0.6 is 11.6 Å². The van der Waals surface area contributed by atoms with Gasteiger partial charge in [-0.1, -0.05) is 30.7 Å². The molecular weight excluding hydrogens is 479 g/mol. The molecule has 11 heteroatoms. The molecule has 3 rings (SSSR count). The number of pyridine rings is 1. The van der Waals surface area contributed by atoms with Crippen molar-refractivity contribution in [2.24, 2.45) is 5.92 Å². The van der Waals surface area contributed by atoms with Crippen molar-refractivity contribution in [3.63, 3.8) is 0 Å². The summed E-state index contributed by atoms with van der Waals surface area (Å²) in [5.41, 5.74) is 6.60. The van der Waals surface area contributed by atoms with Gasteiger partial charge in [0.05, 0.1) is 30.2 Å². The molecule has 0 radical (unpaired) electrons. The van der Waals surface area contributed by atoms with Crippen LogP contribution in [0, 0.1) is 11.7 Å². The molecule has 35 heavy (non-hydrogen) atoms. The molecule has 9 nitrogen and oxygen atoms in total. The van der Waals surface area contributed by atoms with Crippen LogP contribution in [0.15, 0.2) is 30.3 Å². The van der Waals surface area contributed by atoms with Gasteiger partial charge in [-0.25, -0.2) is 4.39 Å². The first-order valence-corrected chi connectivity index (χ1v) is 11.6. The van der Waals surface area contributed by atoms with E-state index >= 15 is 0 Å². The first kappa shape index (κ1) is 26.7. The van der Waals surface area contributed by atoms with Gasteiger partial charge < -0.3 is 25.3 Å². The second kappa shape index (κ2) is 12.1. The number of piperidine rings is 1. The summed E-state index contributed by atoms with van der Waals surface area (Å²) in [5, 5.41) is 3.13. The molecule has 0 spiro atoms. The Morgan fingerprint density at radius 3 is 2.69 bits per heavy atom. The van der Waals surface area contributed by atoms with E-state index in [0.717, 1.165) is 5.56 Å². The predicted octanol–water partition coefficient (Wildman–Crippen LogP) is 2.66. The van der Waals surface area contributed by atoms with Gasteiger partial charge >= 0.3 is 5.97 Å². The van der Waals surface area contributed by atoms with Crippen molar-refractivity contribution in [3.8, 4) is 5.88 Å². The summed E-state index contributed by atoms with van der Waals surface area (Å²) in [6, 6.07) is 6.99. The van der Waals surface area contributed by atoms with Gasteiger partial charge in [0.1, 0.15) is 23.8 Å². The fourth-order valence-corrected chi connectivity index (χ4v) is 4.09. The van der Waals surface area contributed by atoms with Crippen molar-refractivity contribution in [3.05, 3.63) is 52.3 Å². The number of hydrogen-bond acceptors (Lipinski definition) is 8. The van der Waals surface area contributed by atoms with E-state index in [2.05, 4.69) is 15.2 Å². The molecule has 1 aromatic carbocycles. The van der Waals surface area contributed by atoms with Crippen molar-refractivity contribution in [2.75, 3.05) is 39.6 Å². The fourth-order valence-electron chi connectivity index (χ4n) is 3.94. The highest BCUT2D eigenvalue weighted by Gasteiger charge is 2.33. The second-order valence-electron chi connectivity index (χ2n) is 8.45. The lowest BCUT2D eigenvalue weighted by Gasteiger charge is -2.38. The second-order valence-corrected chi connectivity index (χ2v) is 8.86. The van der Waals surface area contributed by atoms with Crippen LogP contribution in [0.3, 0.4) is 0 Å². The van der Waals surface area contributed by atoms with Crippen molar-refractivity contribution in [1.82, 2.24) is 15.2 Å². The number of hydrogen-bond donors (Lipinski definition) is 2. The molecule has 3 atom stereocenters. The summed E-state index contributed by atoms with van der Waals surface area (Å²) >= 11 is 6.03. The number of aromatic nitrogens is 1. The Hall–Kier alpha value is -2.95. The highest BCUT2D eigenvalue weighted by atomic mass is 35.5. The van der Waals surface area contributed by atoms with Crippen LogP contribution in [-0.4, -0.2) is 67.8 Å². The lowest BCUT2D eigenvalue weighted by molar-refractivity contribution is -0.150. The van der Waals surface area contributed by atoms with Crippen molar-refractivity contribution < 1.29 is 28.2 Å². The highest BCUT2D eigenvalue weighted by Crippen LogP contribution is 2.25. The number of ether oxygens (including phenoxy) is 3. The maximum atomic E-state index is 13.0. The van der Waals surface area contributed by atoms with Crippen LogP contribution in [0.4, 0.5) is 10.2 Å². The predicted molar refractivity (Wildman–Crippen MR) is 129 cm³/mol. The van der Waals surface area contributed by atoms with E-state index in [9.17, 15) is 14.0 Å². The monoisotopic (exact) mass is 508 g/mol. The molecule has 3 N–H and O–H groups in total. The molecule has 1 aliphatic rings. The number of likely N-dealkylation sites (tertiary alicyclic amines) is 1. The number of nitrogens with one attached hydrogen (secondary N) is 1. The van der Waals surface area contributed by atoms with Crippen molar-refractivity contribution in [2.45, 2.75) is 32.1 Å². The third-order valence-electron chi connectivity index (χ3n) is 5.90. The van der Waals surface area contributed by atoms with Gasteiger partial charge in [0.15, 0.2) is 0 Å². The molecule has 2 aromatic rings. The standard InChI is InChI=1S/C24H30ClFN4O5/c1-14(24(32)35-13-15-4-6-16(26)7-5-15)11-30-9-8-19(20(12-30)33-2)28-22(31)17-10-18(25)21(27)29-23(17)34-3/h4-7,10,14,19-20H,8-9,11-13H2,1-3H3,(H2,27,29)(H,28,31)/t14?,19-,20+/m0/s1. The molecule has 190 valence electrons. The number of nitrogen functional groups attached to an aromatic ring is 1. The summed E-state index contributed by atoms with van der Waals surface area (Å²) in [6.07, 6.45) is 0.318. The van der Waals surface area contributed by atoms with E-state index < -0.39 is 5.91 Å². The van der Waals surface area contributed by atoms with Gasteiger partial charge in [-0.2, -0.15) is 4.98 Å². The number of methoxy groups -OCH3 is 2. The first-order chi connectivity index (χ1) is 16.7. The lowest BCUT2D eigenvalue weighted by Crippen LogP contribution is -2.55. The largest absolute Gasteiger partial charge is 0.480 e. The minimum absolute atomic E-state index is 0.0773. The molecule has 1 unspecified atom stereocenters. The van der Waals surface area contributed by atoms with Gasteiger partial charge in [-0.05, 0) is 30.2 Å². The Morgan fingerprint density at radius 2 is 2.03 bits per heavy atom. The van der Waals surface area contributed by atoms with E-state index in [1.165, 1.54) is 25.3 Å². The Morgan fingerprint density at radius 1 is 1.31 bits per heavy atom. The van der Waals surface area contributed by atoms with Gasteiger partial charge in [-0.3, -0.25) is 14.5 Å². The molecule has 1 aliphatic heterocycles. The number of benzene rings is 1. The topological polar surface area (TPSA) is 116 Å². The van der Waals surface area contributed by atoms with Crippen molar-refractivity contribution in [1.29, 1.82) is 0 Å². The van der Waals surface area contributed by atoms with Gasteiger partial charge in [0, 0.05) is 26.7 Å². The molecule has 0 saturated carbocycles. The number of halogens is 2. The molecule has 1 amide bonds. The van der Waals surface area contributed by atoms with Crippen LogP contribution in [0.5, 0.6) is 5.88 Å². The van der Waals surface area contributed by atoms with Crippen LogP contribution in [-0.2, 0) is 20.9 Å². The Kier molecular flexibility index (Phi) is 9.25. The average Bonchev–Trinajstić information content (AvgIpc) is 2.85. The SMILES string of the molecule is COc1nc(N)c(Cl)cc1C(=O)N[C@H]1CCN(CC(C)C(=O)OCc2ccc(F)cc2)C[C@H]1OC. The molecule has 0 bridgehead atoms. The molecule has 0 aliphatic carbocycles. The maximum absolute atomic E-state index is 13.0. The fraction of sp³-hybridized carbons (Fsp3) is 0.458. The lowest BCUT2D eigenvalue weighted by atomic mass is 9.99. The summed E-state index contributed by atoms with van der Waals surface area (Å²) in [4.78, 5) is 31.4.